The molecule has 1 aromatic heterocycles. The molecule has 1 heterocycles. The molecule has 0 atom stereocenters. The third-order valence-corrected chi connectivity index (χ3v) is 5.09. The summed E-state index contributed by atoms with van der Waals surface area (Å²) in [6, 6.07) is 7.63. The number of anilines is 1. The molecular weight excluding hydrogens is 390 g/mol. The van der Waals surface area contributed by atoms with Crippen LogP contribution in [0.1, 0.15) is 54.2 Å². The number of esters is 1. The summed E-state index contributed by atoms with van der Waals surface area (Å²) in [6.45, 7) is 7.68. The van der Waals surface area contributed by atoms with Crippen LogP contribution in [0.25, 0.3) is 0 Å². The first-order chi connectivity index (χ1) is 13.9. The van der Waals surface area contributed by atoms with E-state index in [0.717, 1.165) is 5.69 Å². The Morgan fingerprint density at radius 2 is 1.97 bits per heavy atom. The number of amides is 2. The van der Waals surface area contributed by atoms with E-state index in [9.17, 15) is 9.59 Å². The molecule has 0 radical (unpaired) electrons. The predicted molar refractivity (Wildman–Crippen MR) is 115 cm³/mol. The van der Waals surface area contributed by atoms with E-state index in [4.69, 9.17) is 9.47 Å². The molecule has 2 amide bonds. The standard InChI is InChI=1S/C21H29N3O4S/c1-5-28-20(25)18-14-29-19(23-18)13-24(11-6-12-27-4)21(26)22-17-9-7-16(8-10-17)15(2)3/h7-10,14-15H,5-6,11-13H2,1-4H3,(H,22,26). The number of rotatable bonds is 10. The summed E-state index contributed by atoms with van der Waals surface area (Å²) in [7, 11) is 1.63. The summed E-state index contributed by atoms with van der Waals surface area (Å²) >= 11 is 1.34. The summed E-state index contributed by atoms with van der Waals surface area (Å²) < 4.78 is 10.1. The topological polar surface area (TPSA) is 80.8 Å². The second-order valence-electron chi connectivity index (χ2n) is 6.82. The number of nitrogens with zero attached hydrogens (tertiary/aromatic N) is 2. The van der Waals surface area contributed by atoms with Gasteiger partial charge in [0.15, 0.2) is 5.69 Å². The van der Waals surface area contributed by atoms with Gasteiger partial charge >= 0.3 is 12.0 Å². The number of hydrogen-bond acceptors (Lipinski definition) is 6. The number of methoxy groups -OCH3 is 1. The van der Waals surface area contributed by atoms with Crippen LogP contribution in [0.2, 0.25) is 0 Å². The van der Waals surface area contributed by atoms with Gasteiger partial charge < -0.3 is 19.7 Å². The number of ether oxygens (including phenoxy) is 2. The molecule has 0 spiro atoms. The Hall–Kier alpha value is -2.45. The van der Waals surface area contributed by atoms with E-state index in [0.29, 0.717) is 43.6 Å². The zero-order valence-corrected chi connectivity index (χ0v) is 18.3. The van der Waals surface area contributed by atoms with Crippen LogP contribution >= 0.6 is 11.3 Å². The normalized spacial score (nSPS) is 10.8. The molecule has 7 nitrogen and oxygen atoms in total. The summed E-state index contributed by atoms with van der Waals surface area (Å²) in [4.78, 5) is 30.6. The van der Waals surface area contributed by atoms with E-state index in [2.05, 4.69) is 24.1 Å². The van der Waals surface area contributed by atoms with Gasteiger partial charge in [-0.25, -0.2) is 14.6 Å². The van der Waals surface area contributed by atoms with Gasteiger partial charge in [-0.1, -0.05) is 26.0 Å². The van der Waals surface area contributed by atoms with Gasteiger partial charge in [0.25, 0.3) is 0 Å². The maximum absolute atomic E-state index is 12.8. The first-order valence-corrected chi connectivity index (χ1v) is 10.6. The molecule has 158 valence electrons. The van der Waals surface area contributed by atoms with E-state index in [1.54, 1.807) is 24.3 Å². The number of thiazole rings is 1. The Bertz CT molecular complexity index is 789. The van der Waals surface area contributed by atoms with Crippen LogP contribution in [0.15, 0.2) is 29.6 Å². The van der Waals surface area contributed by atoms with Gasteiger partial charge in [0.1, 0.15) is 5.01 Å². The summed E-state index contributed by atoms with van der Waals surface area (Å²) in [5.41, 5.74) is 2.23. The van der Waals surface area contributed by atoms with Crippen LogP contribution in [0.5, 0.6) is 0 Å². The molecule has 2 rings (SSSR count). The van der Waals surface area contributed by atoms with Crippen molar-refractivity contribution in [1.82, 2.24) is 9.88 Å². The Labute approximate surface area is 176 Å². The molecule has 0 unspecified atom stereocenters. The molecule has 0 saturated carbocycles. The van der Waals surface area contributed by atoms with Gasteiger partial charge in [0.2, 0.25) is 0 Å². The third-order valence-electron chi connectivity index (χ3n) is 4.25. The van der Waals surface area contributed by atoms with Crippen molar-refractivity contribution in [3.8, 4) is 0 Å². The minimum atomic E-state index is -0.448. The van der Waals surface area contributed by atoms with Gasteiger partial charge in [-0.2, -0.15) is 0 Å². The maximum atomic E-state index is 12.8. The van der Waals surface area contributed by atoms with Crippen molar-refractivity contribution in [2.75, 3.05) is 32.2 Å². The fourth-order valence-corrected chi connectivity index (χ4v) is 3.43. The Morgan fingerprint density at radius 3 is 2.59 bits per heavy atom. The molecule has 0 aliphatic heterocycles. The highest BCUT2D eigenvalue weighted by Crippen LogP contribution is 2.19. The predicted octanol–water partition coefficient (Wildman–Crippen LogP) is 4.51. The van der Waals surface area contributed by atoms with Gasteiger partial charge in [0, 0.05) is 31.3 Å². The molecule has 1 aromatic carbocycles. The summed E-state index contributed by atoms with van der Waals surface area (Å²) in [6.07, 6.45) is 0.701. The summed E-state index contributed by atoms with van der Waals surface area (Å²) in [5.74, 6) is -0.0144. The smallest absolute Gasteiger partial charge is 0.357 e. The monoisotopic (exact) mass is 419 g/mol. The van der Waals surface area contributed by atoms with Crippen LogP contribution in [0, 0.1) is 0 Å². The SMILES string of the molecule is CCOC(=O)c1csc(CN(CCCOC)C(=O)Nc2ccc(C(C)C)cc2)n1. The zero-order chi connectivity index (χ0) is 21.2. The number of nitrogens with one attached hydrogen (secondary N) is 1. The first-order valence-electron chi connectivity index (χ1n) is 9.71. The lowest BCUT2D eigenvalue weighted by atomic mass is 10.0. The number of benzene rings is 1. The average molecular weight is 420 g/mol. The van der Waals surface area contributed by atoms with Crippen LogP contribution in [0.3, 0.4) is 0 Å². The average Bonchev–Trinajstić information content (AvgIpc) is 3.16. The van der Waals surface area contributed by atoms with E-state index in [1.807, 2.05) is 24.3 Å². The quantitative estimate of drug-likeness (QED) is 0.453. The van der Waals surface area contributed by atoms with Crippen molar-refractivity contribution in [2.45, 2.75) is 39.7 Å². The molecule has 8 heteroatoms. The number of hydrogen-bond donors (Lipinski definition) is 1. The molecular formula is C21H29N3O4S. The molecule has 0 aliphatic rings. The van der Waals surface area contributed by atoms with Crippen molar-refractivity contribution in [3.05, 3.63) is 45.9 Å². The first kappa shape index (κ1) is 22.8. The van der Waals surface area contributed by atoms with E-state index < -0.39 is 5.97 Å². The lowest BCUT2D eigenvalue weighted by molar-refractivity contribution is 0.0520. The van der Waals surface area contributed by atoms with Gasteiger partial charge in [-0.05, 0) is 37.0 Å². The zero-order valence-electron chi connectivity index (χ0n) is 17.4. The highest BCUT2D eigenvalue weighted by molar-refractivity contribution is 7.09. The number of carbonyl (C=O) groups is 2. The van der Waals surface area contributed by atoms with Gasteiger partial charge in [-0.15, -0.1) is 11.3 Å². The Balaban J connectivity index is 2.06. The number of urea groups is 1. The van der Waals surface area contributed by atoms with Crippen LogP contribution in [-0.4, -0.2) is 48.8 Å². The molecule has 29 heavy (non-hydrogen) atoms. The lowest BCUT2D eigenvalue weighted by Crippen LogP contribution is -2.35. The maximum Gasteiger partial charge on any atom is 0.357 e. The Kier molecular flexibility index (Phi) is 9.08. The fraction of sp³-hybridized carbons (Fsp3) is 0.476. The van der Waals surface area contributed by atoms with Crippen molar-refractivity contribution in [2.24, 2.45) is 0 Å². The molecule has 1 N–H and O–H groups in total. The van der Waals surface area contributed by atoms with Gasteiger partial charge in [0.05, 0.1) is 13.2 Å². The van der Waals surface area contributed by atoms with Crippen molar-refractivity contribution in [3.63, 3.8) is 0 Å². The van der Waals surface area contributed by atoms with Gasteiger partial charge in [-0.3, -0.25) is 0 Å². The second-order valence-corrected chi connectivity index (χ2v) is 7.76. The highest BCUT2D eigenvalue weighted by Gasteiger charge is 2.18. The number of carbonyl (C=O) groups excluding carboxylic acids is 2. The van der Waals surface area contributed by atoms with Crippen LogP contribution in [0.4, 0.5) is 10.5 Å². The van der Waals surface area contributed by atoms with Crippen molar-refractivity contribution in [1.29, 1.82) is 0 Å². The molecule has 0 bridgehead atoms. The van der Waals surface area contributed by atoms with Crippen LogP contribution < -0.4 is 5.32 Å². The minimum Gasteiger partial charge on any atom is -0.461 e. The van der Waals surface area contributed by atoms with Crippen LogP contribution in [-0.2, 0) is 16.0 Å². The second kappa shape index (κ2) is 11.5. The van der Waals surface area contributed by atoms with E-state index in [1.165, 1.54) is 16.9 Å². The number of aromatic nitrogens is 1. The fourth-order valence-electron chi connectivity index (χ4n) is 2.65. The van der Waals surface area contributed by atoms with E-state index in [-0.39, 0.29) is 11.7 Å². The summed E-state index contributed by atoms with van der Waals surface area (Å²) in [5, 5.41) is 5.27. The largest absolute Gasteiger partial charge is 0.461 e. The molecule has 2 aromatic rings. The minimum absolute atomic E-state index is 0.216. The molecule has 0 aliphatic carbocycles. The van der Waals surface area contributed by atoms with Crippen molar-refractivity contribution >= 4 is 29.0 Å². The third kappa shape index (κ3) is 7.14. The molecule has 0 fully saturated rings. The van der Waals surface area contributed by atoms with E-state index >= 15 is 0 Å². The Morgan fingerprint density at radius 1 is 1.24 bits per heavy atom. The lowest BCUT2D eigenvalue weighted by Gasteiger charge is -2.22. The van der Waals surface area contributed by atoms with Crippen molar-refractivity contribution < 1.29 is 19.1 Å². The highest BCUT2D eigenvalue weighted by atomic mass is 32.1. The molecule has 0 saturated heterocycles.